The van der Waals surface area contributed by atoms with Gasteiger partial charge in [-0.15, -0.1) is 5.10 Å². The zero-order chi connectivity index (χ0) is 21.6. The average Bonchev–Trinajstić information content (AvgIpc) is 3.23. The van der Waals surface area contributed by atoms with Crippen molar-refractivity contribution in [3.8, 4) is 0 Å². The highest BCUT2D eigenvalue weighted by Gasteiger charge is 2.32. The van der Waals surface area contributed by atoms with Gasteiger partial charge in [0.1, 0.15) is 0 Å². The third-order valence-electron chi connectivity index (χ3n) is 6.97. The summed E-state index contributed by atoms with van der Waals surface area (Å²) >= 11 is 0. The molecule has 0 bridgehead atoms. The Hall–Kier alpha value is -0.860. The van der Waals surface area contributed by atoms with Crippen molar-refractivity contribution in [2.75, 3.05) is 0 Å². The Bertz CT molecular complexity index is 500. The normalized spacial score (nSPS) is 12.6. The number of aromatic nitrogens is 3. The molecule has 3 nitrogen and oxygen atoms in total. The van der Waals surface area contributed by atoms with E-state index in [1.165, 1.54) is 108 Å². The molecule has 0 amide bonds. The van der Waals surface area contributed by atoms with Gasteiger partial charge >= 0.3 is 0 Å². The Morgan fingerprint density at radius 3 is 1.59 bits per heavy atom. The van der Waals surface area contributed by atoms with Gasteiger partial charge in [0.25, 0.3) is 0 Å². The summed E-state index contributed by atoms with van der Waals surface area (Å²) in [5.41, 5.74) is 1.52. The molecule has 0 atom stereocenters. The summed E-state index contributed by atoms with van der Waals surface area (Å²) < 4.78 is 2.26. The lowest BCUT2D eigenvalue weighted by atomic mass is 9.77. The lowest BCUT2D eigenvalue weighted by molar-refractivity contribution is 0.222. The van der Waals surface area contributed by atoms with Crippen LogP contribution in [0.5, 0.6) is 0 Å². The standard InChI is InChI=1S/C26H51N3/c1-7-11-15-17-21-26(6,22-18-16-12-8-2)29-23-24(27-28-29)25(5,19-13-9-3)20-14-10-4/h23H,7-22H2,1-6H3. The molecule has 0 unspecified atom stereocenters. The first-order chi connectivity index (χ1) is 14.0. The summed E-state index contributed by atoms with van der Waals surface area (Å²) in [4.78, 5) is 0. The summed E-state index contributed by atoms with van der Waals surface area (Å²) in [5, 5.41) is 9.50. The van der Waals surface area contributed by atoms with Gasteiger partial charge < -0.3 is 0 Å². The van der Waals surface area contributed by atoms with Crippen LogP contribution >= 0.6 is 0 Å². The Labute approximate surface area is 182 Å². The van der Waals surface area contributed by atoms with Crippen LogP contribution in [0.4, 0.5) is 0 Å². The predicted molar refractivity (Wildman–Crippen MR) is 128 cm³/mol. The molecule has 1 heterocycles. The smallest absolute Gasteiger partial charge is 0.0886 e. The Balaban J connectivity index is 2.97. The lowest BCUT2D eigenvalue weighted by Gasteiger charge is -2.31. The molecule has 0 aliphatic heterocycles. The van der Waals surface area contributed by atoms with E-state index in [9.17, 15) is 0 Å². The van der Waals surface area contributed by atoms with Crippen LogP contribution < -0.4 is 0 Å². The van der Waals surface area contributed by atoms with Crippen LogP contribution in [0.3, 0.4) is 0 Å². The highest BCUT2D eigenvalue weighted by Crippen LogP contribution is 2.36. The van der Waals surface area contributed by atoms with Crippen LogP contribution in [0.2, 0.25) is 0 Å². The summed E-state index contributed by atoms with van der Waals surface area (Å²) in [6.07, 6.45) is 22.9. The lowest BCUT2D eigenvalue weighted by Crippen LogP contribution is -2.31. The molecule has 0 N–H and O–H groups in total. The molecule has 0 saturated carbocycles. The summed E-state index contributed by atoms with van der Waals surface area (Å²) in [7, 11) is 0. The Morgan fingerprint density at radius 1 is 0.655 bits per heavy atom. The van der Waals surface area contributed by atoms with Crippen LogP contribution in [0.25, 0.3) is 0 Å². The van der Waals surface area contributed by atoms with Crippen LogP contribution in [0.1, 0.15) is 150 Å². The van der Waals surface area contributed by atoms with E-state index in [4.69, 9.17) is 10.3 Å². The van der Waals surface area contributed by atoms with Crippen LogP contribution in [0.15, 0.2) is 6.20 Å². The fourth-order valence-corrected chi connectivity index (χ4v) is 4.54. The molecule has 1 rings (SSSR count). The van der Waals surface area contributed by atoms with Gasteiger partial charge in [-0.05, 0) is 32.6 Å². The van der Waals surface area contributed by atoms with Gasteiger partial charge in [0, 0.05) is 11.6 Å². The van der Waals surface area contributed by atoms with Crippen molar-refractivity contribution in [3.63, 3.8) is 0 Å². The quantitative estimate of drug-likeness (QED) is 0.229. The van der Waals surface area contributed by atoms with Crippen LogP contribution in [0, 0.1) is 0 Å². The van der Waals surface area contributed by atoms with Crippen molar-refractivity contribution < 1.29 is 0 Å². The summed E-state index contributed by atoms with van der Waals surface area (Å²) in [6, 6.07) is 0. The van der Waals surface area contributed by atoms with Crippen molar-refractivity contribution in [1.82, 2.24) is 15.0 Å². The maximum absolute atomic E-state index is 4.76. The van der Waals surface area contributed by atoms with Gasteiger partial charge in [0.2, 0.25) is 0 Å². The van der Waals surface area contributed by atoms with Gasteiger partial charge in [0.15, 0.2) is 0 Å². The number of hydrogen-bond acceptors (Lipinski definition) is 2. The summed E-state index contributed by atoms with van der Waals surface area (Å²) in [6.45, 7) is 14.0. The maximum atomic E-state index is 4.76. The third-order valence-corrected chi connectivity index (χ3v) is 6.97. The molecule has 170 valence electrons. The second-order valence-electron chi connectivity index (χ2n) is 9.93. The van der Waals surface area contributed by atoms with Crippen molar-refractivity contribution in [1.29, 1.82) is 0 Å². The molecule has 0 aliphatic carbocycles. The number of hydrogen-bond donors (Lipinski definition) is 0. The van der Waals surface area contributed by atoms with E-state index < -0.39 is 0 Å². The molecule has 0 spiro atoms. The van der Waals surface area contributed by atoms with Gasteiger partial charge in [-0.1, -0.05) is 117 Å². The van der Waals surface area contributed by atoms with Gasteiger partial charge in [-0.25, -0.2) is 4.68 Å². The van der Waals surface area contributed by atoms with Crippen molar-refractivity contribution in [2.45, 2.75) is 155 Å². The Morgan fingerprint density at radius 2 is 1.14 bits per heavy atom. The number of nitrogens with zero attached hydrogens (tertiary/aromatic N) is 3. The largest absolute Gasteiger partial charge is 0.246 e. The minimum absolute atomic E-state index is 0.114. The topological polar surface area (TPSA) is 30.7 Å². The van der Waals surface area contributed by atoms with Crippen LogP contribution in [-0.4, -0.2) is 15.0 Å². The van der Waals surface area contributed by atoms with E-state index in [2.05, 4.69) is 52.4 Å². The number of unbranched alkanes of at least 4 members (excludes halogenated alkanes) is 8. The fraction of sp³-hybridized carbons (Fsp3) is 0.923. The first-order valence-electron chi connectivity index (χ1n) is 12.9. The first-order valence-corrected chi connectivity index (χ1v) is 12.9. The molecule has 0 radical (unpaired) electrons. The summed E-state index contributed by atoms with van der Waals surface area (Å²) in [5.74, 6) is 0. The fourth-order valence-electron chi connectivity index (χ4n) is 4.54. The van der Waals surface area contributed by atoms with Crippen molar-refractivity contribution in [3.05, 3.63) is 11.9 Å². The van der Waals surface area contributed by atoms with E-state index in [1.807, 2.05) is 0 Å². The Kier molecular flexibility index (Phi) is 12.8. The molecular weight excluding hydrogens is 354 g/mol. The molecule has 0 fully saturated rings. The minimum Gasteiger partial charge on any atom is -0.246 e. The van der Waals surface area contributed by atoms with Crippen LogP contribution in [-0.2, 0) is 11.0 Å². The predicted octanol–water partition coefficient (Wildman–Crippen LogP) is 8.57. The van der Waals surface area contributed by atoms with E-state index >= 15 is 0 Å². The minimum atomic E-state index is 0.114. The molecular formula is C26H51N3. The van der Waals surface area contributed by atoms with E-state index in [0.29, 0.717) is 0 Å². The maximum Gasteiger partial charge on any atom is 0.0886 e. The molecule has 0 aliphatic rings. The van der Waals surface area contributed by atoms with Gasteiger partial charge in [-0.2, -0.15) is 0 Å². The second-order valence-corrected chi connectivity index (χ2v) is 9.93. The third kappa shape index (κ3) is 8.80. The monoisotopic (exact) mass is 405 g/mol. The molecule has 1 aromatic rings. The van der Waals surface area contributed by atoms with E-state index in [-0.39, 0.29) is 11.0 Å². The van der Waals surface area contributed by atoms with E-state index in [0.717, 1.165) is 0 Å². The van der Waals surface area contributed by atoms with Crippen molar-refractivity contribution in [2.24, 2.45) is 0 Å². The molecule has 1 aromatic heterocycles. The highest BCUT2D eigenvalue weighted by atomic mass is 15.4. The average molecular weight is 406 g/mol. The number of rotatable bonds is 18. The first kappa shape index (κ1) is 26.2. The molecule has 3 heteroatoms. The van der Waals surface area contributed by atoms with E-state index in [1.54, 1.807) is 0 Å². The molecule has 29 heavy (non-hydrogen) atoms. The zero-order valence-corrected chi connectivity index (χ0v) is 20.7. The highest BCUT2D eigenvalue weighted by molar-refractivity contribution is 5.11. The second kappa shape index (κ2) is 14.2. The molecule has 0 aromatic carbocycles. The zero-order valence-electron chi connectivity index (χ0n) is 20.7. The molecule has 0 saturated heterocycles. The van der Waals surface area contributed by atoms with Crippen molar-refractivity contribution >= 4 is 0 Å². The SMILES string of the molecule is CCCCCCC(C)(CCCCCC)n1cc(C(C)(CCCC)CCCC)nn1. The van der Waals surface area contributed by atoms with Gasteiger partial charge in [0.05, 0.1) is 11.2 Å². The van der Waals surface area contributed by atoms with Gasteiger partial charge in [-0.3, -0.25) is 0 Å².